The number of ether oxygens (including phenoxy) is 1. The van der Waals surface area contributed by atoms with Crippen LogP contribution in [0.4, 0.5) is 5.82 Å². The van der Waals surface area contributed by atoms with Gasteiger partial charge < -0.3 is 10.1 Å². The lowest BCUT2D eigenvalue weighted by Gasteiger charge is -2.22. The molecule has 106 valence electrons. The van der Waals surface area contributed by atoms with Crippen LogP contribution in [0, 0.1) is 0 Å². The topological polar surface area (TPSA) is 47.0 Å². The molecule has 0 bridgehead atoms. The summed E-state index contributed by atoms with van der Waals surface area (Å²) in [6.45, 7) is 6.87. The maximum atomic E-state index is 5.42. The highest BCUT2D eigenvalue weighted by Crippen LogP contribution is 2.30. The Morgan fingerprint density at radius 2 is 2.00 bits per heavy atom. The minimum Gasteiger partial charge on any atom is -0.381 e. The van der Waals surface area contributed by atoms with Gasteiger partial charge in [-0.05, 0) is 41.6 Å². The number of aromatic nitrogens is 2. The molecule has 2 rings (SSSR count). The van der Waals surface area contributed by atoms with Crippen molar-refractivity contribution in [3.05, 3.63) is 16.0 Å². The molecule has 1 saturated heterocycles. The molecule has 1 fully saturated rings. The van der Waals surface area contributed by atoms with E-state index in [1.807, 2.05) is 0 Å². The van der Waals surface area contributed by atoms with Gasteiger partial charge in [-0.3, -0.25) is 0 Å². The zero-order valence-electron chi connectivity index (χ0n) is 11.7. The second-order valence-electron chi connectivity index (χ2n) is 4.86. The van der Waals surface area contributed by atoms with Gasteiger partial charge in [-0.15, -0.1) is 0 Å². The summed E-state index contributed by atoms with van der Waals surface area (Å²) in [6.07, 6.45) is 4.06. The number of nitrogens with zero attached hydrogens (tertiary/aromatic N) is 2. The maximum absolute atomic E-state index is 5.42. The average molecular weight is 328 g/mol. The molecule has 1 N–H and O–H groups in total. The Hall–Kier alpha value is -0.680. The molecule has 0 radical (unpaired) electrons. The molecule has 0 unspecified atom stereocenters. The molecular formula is C14H22BrN3O. The molecule has 1 aliphatic heterocycles. The number of rotatable bonds is 5. The monoisotopic (exact) mass is 327 g/mol. The van der Waals surface area contributed by atoms with Crippen LogP contribution >= 0.6 is 15.9 Å². The molecule has 0 aliphatic carbocycles. The number of nitrogens with one attached hydrogen (secondary N) is 1. The molecule has 19 heavy (non-hydrogen) atoms. The third-order valence-corrected chi connectivity index (χ3v) is 4.23. The number of halogens is 1. The average Bonchev–Trinajstić information content (AvgIpc) is 2.47. The van der Waals surface area contributed by atoms with E-state index in [1.54, 1.807) is 0 Å². The largest absolute Gasteiger partial charge is 0.381 e. The highest BCUT2D eigenvalue weighted by atomic mass is 79.9. The molecule has 0 saturated carbocycles. The number of hydrogen-bond donors (Lipinski definition) is 1. The van der Waals surface area contributed by atoms with E-state index in [9.17, 15) is 0 Å². The van der Waals surface area contributed by atoms with E-state index in [2.05, 4.69) is 35.1 Å². The van der Waals surface area contributed by atoms with E-state index in [4.69, 9.17) is 14.7 Å². The lowest BCUT2D eigenvalue weighted by Crippen LogP contribution is -2.18. The Morgan fingerprint density at radius 1 is 1.26 bits per heavy atom. The molecule has 0 spiro atoms. The summed E-state index contributed by atoms with van der Waals surface area (Å²) in [4.78, 5) is 9.45. The van der Waals surface area contributed by atoms with Gasteiger partial charge >= 0.3 is 0 Å². The summed E-state index contributed by atoms with van der Waals surface area (Å²) in [5.41, 5.74) is 1.09. The van der Waals surface area contributed by atoms with Crippen LogP contribution in [-0.4, -0.2) is 29.7 Å². The van der Waals surface area contributed by atoms with Crippen molar-refractivity contribution < 1.29 is 4.74 Å². The van der Waals surface area contributed by atoms with Crippen molar-refractivity contribution in [2.24, 2.45) is 0 Å². The lowest BCUT2D eigenvalue weighted by atomic mass is 9.99. The molecular weight excluding hydrogens is 306 g/mol. The third kappa shape index (κ3) is 3.66. The van der Waals surface area contributed by atoms with Crippen LogP contribution in [0.3, 0.4) is 0 Å². The first kappa shape index (κ1) is 14.7. The Labute approximate surface area is 123 Å². The van der Waals surface area contributed by atoms with Gasteiger partial charge in [-0.1, -0.05) is 13.8 Å². The van der Waals surface area contributed by atoms with Gasteiger partial charge in [-0.25, -0.2) is 9.97 Å². The van der Waals surface area contributed by atoms with Gasteiger partial charge in [0.1, 0.15) is 11.6 Å². The zero-order valence-corrected chi connectivity index (χ0v) is 13.3. The molecule has 0 aromatic carbocycles. The number of anilines is 1. The normalized spacial score (nSPS) is 16.6. The van der Waals surface area contributed by atoms with Crippen LogP contribution in [0.5, 0.6) is 0 Å². The first-order valence-corrected chi connectivity index (χ1v) is 7.93. The van der Waals surface area contributed by atoms with E-state index in [-0.39, 0.29) is 0 Å². The van der Waals surface area contributed by atoms with Crippen LogP contribution in [0.25, 0.3) is 0 Å². The molecule has 1 aromatic heterocycles. The molecule has 1 aliphatic rings. The smallest absolute Gasteiger partial charge is 0.144 e. The summed E-state index contributed by atoms with van der Waals surface area (Å²) >= 11 is 3.62. The van der Waals surface area contributed by atoms with Crippen molar-refractivity contribution in [3.63, 3.8) is 0 Å². The van der Waals surface area contributed by atoms with Crippen molar-refractivity contribution in [2.45, 2.75) is 45.4 Å². The Kier molecular flexibility index (Phi) is 5.58. The standard InChI is InChI=1S/C14H22BrN3O/c1-3-7-16-14-12(15)11(4-2)17-13(18-14)10-5-8-19-9-6-10/h10H,3-9H2,1-2H3,(H,16,17,18). The molecule has 1 aromatic rings. The summed E-state index contributed by atoms with van der Waals surface area (Å²) in [7, 11) is 0. The molecule has 0 atom stereocenters. The van der Waals surface area contributed by atoms with Crippen LogP contribution in [-0.2, 0) is 11.2 Å². The van der Waals surface area contributed by atoms with E-state index in [0.29, 0.717) is 5.92 Å². The van der Waals surface area contributed by atoms with Crippen LogP contribution in [0.15, 0.2) is 4.47 Å². The quantitative estimate of drug-likeness (QED) is 0.898. The molecule has 0 amide bonds. The van der Waals surface area contributed by atoms with Crippen molar-refractivity contribution in [1.82, 2.24) is 9.97 Å². The minimum absolute atomic E-state index is 0.439. The van der Waals surface area contributed by atoms with E-state index in [1.165, 1.54) is 0 Å². The maximum Gasteiger partial charge on any atom is 0.144 e. The van der Waals surface area contributed by atoms with Gasteiger partial charge in [0.15, 0.2) is 0 Å². The number of hydrogen-bond acceptors (Lipinski definition) is 4. The highest BCUT2D eigenvalue weighted by Gasteiger charge is 2.21. The number of aryl methyl sites for hydroxylation is 1. The Balaban J connectivity index is 2.26. The fourth-order valence-corrected chi connectivity index (χ4v) is 2.84. The molecule has 2 heterocycles. The predicted octanol–water partition coefficient (Wildman–Crippen LogP) is 3.52. The van der Waals surface area contributed by atoms with Crippen LogP contribution in [0.1, 0.15) is 50.5 Å². The van der Waals surface area contributed by atoms with Crippen LogP contribution < -0.4 is 5.32 Å². The summed E-state index contributed by atoms with van der Waals surface area (Å²) in [5.74, 6) is 2.35. The van der Waals surface area contributed by atoms with E-state index < -0.39 is 0 Å². The van der Waals surface area contributed by atoms with E-state index >= 15 is 0 Å². The van der Waals surface area contributed by atoms with Crippen molar-refractivity contribution in [2.75, 3.05) is 25.1 Å². The van der Waals surface area contributed by atoms with Gasteiger partial charge in [0.2, 0.25) is 0 Å². The first-order chi connectivity index (χ1) is 9.26. The van der Waals surface area contributed by atoms with Gasteiger partial charge in [0.05, 0.1) is 10.2 Å². The molecule has 4 nitrogen and oxygen atoms in total. The highest BCUT2D eigenvalue weighted by molar-refractivity contribution is 9.10. The third-order valence-electron chi connectivity index (χ3n) is 3.40. The second kappa shape index (κ2) is 7.20. The van der Waals surface area contributed by atoms with Crippen molar-refractivity contribution in [1.29, 1.82) is 0 Å². The first-order valence-electron chi connectivity index (χ1n) is 7.14. The zero-order chi connectivity index (χ0) is 13.7. The minimum atomic E-state index is 0.439. The summed E-state index contributed by atoms with van der Waals surface area (Å²) < 4.78 is 6.43. The lowest BCUT2D eigenvalue weighted by molar-refractivity contribution is 0.0835. The van der Waals surface area contributed by atoms with Gasteiger partial charge in [0, 0.05) is 25.7 Å². The van der Waals surface area contributed by atoms with Crippen molar-refractivity contribution in [3.8, 4) is 0 Å². The van der Waals surface area contributed by atoms with E-state index in [0.717, 1.165) is 67.3 Å². The van der Waals surface area contributed by atoms with Crippen LogP contribution in [0.2, 0.25) is 0 Å². The van der Waals surface area contributed by atoms with Gasteiger partial charge in [-0.2, -0.15) is 0 Å². The fraction of sp³-hybridized carbons (Fsp3) is 0.714. The van der Waals surface area contributed by atoms with Gasteiger partial charge in [0.25, 0.3) is 0 Å². The Morgan fingerprint density at radius 3 is 2.63 bits per heavy atom. The van der Waals surface area contributed by atoms with Crippen molar-refractivity contribution >= 4 is 21.7 Å². The predicted molar refractivity (Wildman–Crippen MR) is 80.7 cm³/mol. The summed E-state index contributed by atoms with van der Waals surface area (Å²) in [6, 6.07) is 0. The summed E-state index contributed by atoms with van der Waals surface area (Å²) in [5, 5.41) is 3.39. The Bertz CT molecular complexity index is 419. The second-order valence-corrected chi connectivity index (χ2v) is 5.65. The molecule has 5 heteroatoms. The fourth-order valence-electron chi connectivity index (χ4n) is 2.25. The SMILES string of the molecule is CCCNc1nc(C2CCOCC2)nc(CC)c1Br.